The molecule has 1 unspecified atom stereocenters. The molecule has 0 saturated carbocycles. The van der Waals surface area contributed by atoms with Gasteiger partial charge in [0.1, 0.15) is 4.90 Å². The van der Waals surface area contributed by atoms with Gasteiger partial charge in [-0.25, -0.2) is 21.9 Å². The Kier molecular flexibility index (Phi) is 5.26. The molecule has 1 fully saturated rings. The van der Waals surface area contributed by atoms with Crippen molar-refractivity contribution < 1.29 is 21.9 Å². The van der Waals surface area contributed by atoms with E-state index >= 15 is 0 Å². The molecular formula is C13H18F2N2O3S. The minimum absolute atomic E-state index is 0.0182. The van der Waals surface area contributed by atoms with Crippen LogP contribution in [0.2, 0.25) is 0 Å². The van der Waals surface area contributed by atoms with Crippen LogP contribution in [-0.2, 0) is 21.3 Å². The van der Waals surface area contributed by atoms with Crippen LogP contribution in [0.5, 0.6) is 0 Å². The first-order chi connectivity index (χ1) is 9.94. The highest BCUT2D eigenvalue weighted by molar-refractivity contribution is 7.89. The standard InChI is InChI=1S/C13H18F2N2O3S/c14-11-6-9(8-16)7-12(13(11)15)21(18,19)17-4-3-10-2-1-5-20-10/h6-7,10,17H,1-5,8,16H2. The molecule has 0 aromatic heterocycles. The van der Waals surface area contributed by atoms with Gasteiger partial charge in [-0.15, -0.1) is 0 Å². The molecule has 118 valence electrons. The molecule has 0 aliphatic carbocycles. The van der Waals surface area contributed by atoms with Gasteiger partial charge in [0.05, 0.1) is 6.10 Å². The lowest BCUT2D eigenvalue weighted by Gasteiger charge is -2.12. The van der Waals surface area contributed by atoms with Crippen LogP contribution in [0, 0.1) is 11.6 Å². The lowest BCUT2D eigenvalue weighted by atomic mass is 10.2. The van der Waals surface area contributed by atoms with Crippen molar-refractivity contribution >= 4 is 10.0 Å². The van der Waals surface area contributed by atoms with Crippen molar-refractivity contribution in [1.29, 1.82) is 0 Å². The normalized spacial score (nSPS) is 19.1. The Morgan fingerprint density at radius 2 is 2.14 bits per heavy atom. The third kappa shape index (κ3) is 3.97. The summed E-state index contributed by atoms with van der Waals surface area (Å²) in [6.45, 7) is 0.715. The zero-order valence-electron chi connectivity index (χ0n) is 11.4. The summed E-state index contributed by atoms with van der Waals surface area (Å²) in [5, 5.41) is 0. The van der Waals surface area contributed by atoms with Crippen molar-refractivity contribution in [1.82, 2.24) is 4.72 Å². The average molecular weight is 320 g/mol. The molecule has 3 N–H and O–H groups in total. The lowest BCUT2D eigenvalue weighted by molar-refractivity contribution is 0.105. The fraction of sp³-hybridized carbons (Fsp3) is 0.538. The molecule has 8 heteroatoms. The summed E-state index contributed by atoms with van der Waals surface area (Å²) >= 11 is 0. The second-order valence-electron chi connectivity index (χ2n) is 4.92. The van der Waals surface area contributed by atoms with E-state index in [1.54, 1.807) is 0 Å². The molecule has 0 radical (unpaired) electrons. The molecule has 21 heavy (non-hydrogen) atoms. The Morgan fingerprint density at radius 1 is 1.38 bits per heavy atom. The average Bonchev–Trinajstić information content (AvgIpc) is 2.94. The minimum atomic E-state index is -4.11. The maximum Gasteiger partial charge on any atom is 0.243 e. The fourth-order valence-corrected chi connectivity index (χ4v) is 3.42. The molecule has 2 rings (SSSR count). The van der Waals surface area contributed by atoms with Crippen LogP contribution in [0.4, 0.5) is 8.78 Å². The molecule has 0 spiro atoms. The summed E-state index contributed by atoms with van der Waals surface area (Å²) in [5.41, 5.74) is 5.56. The van der Waals surface area contributed by atoms with Gasteiger partial charge < -0.3 is 10.5 Å². The summed E-state index contributed by atoms with van der Waals surface area (Å²) in [4.78, 5) is -0.713. The van der Waals surface area contributed by atoms with Crippen molar-refractivity contribution in [2.75, 3.05) is 13.2 Å². The number of nitrogens with one attached hydrogen (secondary N) is 1. The summed E-state index contributed by atoms with van der Waals surface area (Å²) < 4.78 is 58.8. The second kappa shape index (κ2) is 6.78. The van der Waals surface area contributed by atoms with Crippen LogP contribution in [0.3, 0.4) is 0 Å². The number of rotatable bonds is 6. The SMILES string of the molecule is NCc1cc(F)c(F)c(S(=O)(=O)NCCC2CCCO2)c1. The molecule has 1 aliphatic rings. The van der Waals surface area contributed by atoms with Crippen LogP contribution in [0.25, 0.3) is 0 Å². The van der Waals surface area contributed by atoms with Gasteiger partial charge in [-0.2, -0.15) is 0 Å². The zero-order valence-corrected chi connectivity index (χ0v) is 12.3. The van der Waals surface area contributed by atoms with E-state index < -0.39 is 26.6 Å². The largest absolute Gasteiger partial charge is 0.378 e. The number of halogens is 2. The summed E-state index contributed by atoms with van der Waals surface area (Å²) in [5.74, 6) is -2.62. The van der Waals surface area contributed by atoms with E-state index in [2.05, 4.69) is 4.72 Å². The van der Waals surface area contributed by atoms with Gasteiger partial charge in [0, 0.05) is 19.7 Å². The monoisotopic (exact) mass is 320 g/mol. The van der Waals surface area contributed by atoms with Crippen molar-refractivity contribution in [2.24, 2.45) is 5.73 Å². The van der Waals surface area contributed by atoms with Crippen molar-refractivity contribution in [2.45, 2.75) is 36.8 Å². The van der Waals surface area contributed by atoms with Gasteiger partial charge in [-0.1, -0.05) is 0 Å². The maximum absolute atomic E-state index is 13.7. The third-order valence-corrected chi connectivity index (χ3v) is 4.82. The highest BCUT2D eigenvalue weighted by atomic mass is 32.2. The van der Waals surface area contributed by atoms with Gasteiger partial charge in [0.2, 0.25) is 10.0 Å². The molecule has 1 heterocycles. The van der Waals surface area contributed by atoms with Crippen LogP contribution in [0.15, 0.2) is 17.0 Å². The van der Waals surface area contributed by atoms with E-state index in [9.17, 15) is 17.2 Å². The first kappa shape index (κ1) is 16.3. The van der Waals surface area contributed by atoms with E-state index in [0.717, 1.165) is 25.0 Å². The number of sulfonamides is 1. The molecule has 1 aliphatic heterocycles. The first-order valence-corrected chi connectivity index (χ1v) is 8.21. The molecule has 1 aromatic rings. The Labute approximate surface area is 122 Å². The van der Waals surface area contributed by atoms with Crippen LogP contribution < -0.4 is 10.5 Å². The molecule has 1 aromatic carbocycles. The quantitative estimate of drug-likeness (QED) is 0.827. The number of nitrogens with two attached hydrogens (primary N) is 1. The van der Waals surface area contributed by atoms with E-state index in [1.807, 2.05) is 0 Å². The van der Waals surface area contributed by atoms with E-state index in [0.29, 0.717) is 13.0 Å². The van der Waals surface area contributed by atoms with Gasteiger partial charge in [-0.05, 0) is 37.0 Å². The van der Waals surface area contributed by atoms with Gasteiger partial charge in [0.15, 0.2) is 11.6 Å². The van der Waals surface area contributed by atoms with Crippen molar-refractivity contribution in [3.63, 3.8) is 0 Å². The maximum atomic E-state index is 13.7. The van der Waals surface area contributed by atoms with Gasteiger partial charge >= 0.3 is 0 Å². The predicted molar refractivity (Wildman–Crippen MR) is 73.0 cm³/mol. The minimum Gasteiger partial charge on any atom is -0.378 e. The highest BCUT2D eigenvalue weighted by Crippen LogP contribution is 2.20. The molecule has 1 atom stereocenters. The van der Waals surface area contributed by atoms with E-state index in [4.69, 9.17) is 10.5 Å². The number of hydrogen-bond donors (Lipinski definition) is 2. The third-order valence-electron chi connectivity index (χ3n) is 3.36. The van der Waals surface area contributed by atoms with Gasteiger partial charge in [-0.3, -0.25) is 0 Å². The van der Waals surface area contributed by atoms with Crippen LogP contribution in [0.1, 0.15) is 24.8 Å². The van der Waals surface area contributed by atoms with Crippen molar-refractivity contribution in [3.8, 4) is 0 Å². The van der Waals surface area contributed by atoms with Gasteiger partial charge in [0.25, 0.3) is 0 Å². The fourth-order valence-electron chi connectivity index (χ4n) is 2.23. The zero-order chi connectivity index (χ0) is 15.5. The molecule has 0 bridgehead atoms. The summed E-state index contributed by atoms with van der Waals surface area (Å²) in [6.07, 6.45) is 2.35. The Hall–Kier alpha value is -1.09. The number of benzene rings is 1. The van der Waals surface area contributed by atoms with Crippen LogP contribution >= 0.6 is 0 Å². The highest BCUT2D eigenvalue weighted by Gasteiger charge is 2.23. The molecule has 0 amide bonds. The van der Waals surface area contributed by atoms with E-state index in [1.165, 1.54) is 0 Å². The first-order valence-electron chi connectivity index (χ1n) is 6.73. The Bertz CT molecular complexity index is 602. The second-order valence-corrected chi connectivity index (χ2v) is 6.65. The number of hydrogen-bond acceptors (Lipinski definition) is 4. The van der Waals surface area contributed by atoms with Crippen LogP contribution in [-0.4, -0.2) is 27.7 Å². The molecular weight excluding hydrogens is 302 g/mol. The summed E-state index contributed by atoms with van der Waals surface area (Å²) in [6, 6.07) is 1.94. The Morgan fingerprint density at radius 3 is 2.76 bits per heavy atom. The topological polar surface area (TPSA) is 81.4 Å². The Balaban J connectivity index is 2.09. The van der Waals surface area contributed by atoms with Crippen molar-refractivity contribution in [3.05, 3.63) is 29.3 Å². The lowest BCUT2D eigenvalue weighted by Crippen LogP contribution is -2.28. The predicted octanol–water partition coefficient (Wildman–Crippen LogP) is 1.27. The smallest absolute Gasteiger partial charge is 0.243 e. The van der Waals surface area contributed by atoms with E-state index in [-0.39, 0.29) is 24.8 Å². The molecule has 1 saturated heterocycles. The number of ether oxygens (including phenoxy) is 1. The summed E-state index contributed by atoms with van der Waals surface area (Å²) in [7, 11) is -4.11. The molecule has 5 nitrogen and oxygen atoms in total.